The van der Waals surface area contributed by atoms with Crippen LogP contribution in [0.3, 0.4) is 0 Å². The maximum absolute atomic E-state index is 12.5. The molecule has 0 heterocycles. The number of hydrogen-bond donors (Lipinski definition) is 1. The van der Waals surface area contributed by atoms with E-state index >= 15 is 0 Å². The summed E-state index contributed by atoms with van der Waals surface area (Å²) in [5.41, 5.74) is 0. The fraction of sp³-hybridized carbons (Fsp3) is 0.714. The number of alkyl halides is 2. The van der Waals surface area contributed by atoms with Crippen LogP contribution in [-0.2, 0) is 4.79 Å². The lowest BCUT2D eigenvalue weighted by atomic mass is 10.3. The van der Waals surface area contributed by atoms with Crippen molar-refractivity contribution in [1.29, 1.82) is 5.26 Å². The number of aliphatic carboxylic acids is 1. The molecule has 0 bridgehead atoms. The molecule has 0 aliphatic heterocycles. The van der Waals surface area contributed by atoms with E-state index in [0.717, 1.165) is 4.90 Å². The summed E-state index contributed by atoms with van der Waals surface area (Å²) in [7, 11) is 1.34. The topological polar surface area (TPSA) is 64.3 Å². The van der Waals surface area contributed by atoms with Gasteiger partial charge in [-0.2, -0.15) is 14.0 Å². The van der Waals surface area contributed by atoms with Gasteiger partial charge in [-0.1, -0.05) is 0 Å². The molecule has 0 aromatic rings. The molecular weight excluding hydrogens is 182 g/mol. The second kappa shape index (κ2) is 4.72. The van der Waals surface area contributed by atoms with Crippen LogP contribution in [0.25, 0.3) is 0 Å². The number of carbonyl (C=O) groups is 1. The molecule has 6 heteroatoms. The van der Waals surface area contributed by atoms with Crippen LogP contribution in [-0.4, -0.2) is 42.0 Å². The van der Waals surface area contributed by atoms with Crippen LogP contribution in [0.15, 0.2) is 0 Å². The molecule has 0 spiro atoms. The van der Waals surface area contributed by atoms with E-state index in [2.05, 4.69) is 0 Å². The van der Waals surface area contributed by atoms with Crippen molar-refractivity contribution in [2.75, 3.05) is 20.1 Å². The monoisotopic (exact) mass is 192 g/mol. The Morgan fingerprint density at radius 2 is 2.23 bits per heavy atom. The molecule has 0 rings (SSSR count). The predicted molar refractivity (Wildman–Crippen MR) is 40.3 cm³/mol. The number of carboxylic acids is 1. The van der Waals surface area contributed by atoms with Crippen molar-refractivity contribution in [2.45, 2.75) is 12.3 Å². The van der Waals surface area contributed by atoms with Crippen molar-refractivity contribution >= 4 is 5.97 Å². The molecule has 1 N–H and O–H groups in total. The third-order valence-corrected chi connectivity index (χ3v) is 1.39. The molecule has 0 saturated heterocycles. The van der Waals surface area contributed by atoms with E-state index < -0.39 is 18.4 Å². The zero-order valence-corrected chi connectivity index (χ0v) is 7.13. The second-order valence-corrected chi connectivity index (χ2v) is 2.66. The number of hydrogen-bond acceptors (Lipinski definition) is 3. The highest BCUT2D eigenvalue weighted by molar-refractivity contribution is 5.75. The molecule has 4 nitrogen and oxygen atoms in total. The summed E-state index contributed by atoms with van der Waals surface area (Å²) in [5, 5.41) is 16.2. The van der Waals surface area contributed by atoms with E-state index in [1.807, 2.05) is 0 Å². The van der Waals surface area contributed by atoms with Gasteiger partial charge in [0.2, 0.25) is 0 Å². The Morgan fingerprint density at radius 1 is 1.69 bits per heavy atom. The molecule has 0 aromatic carbocycles. The minimum Gasteiger partial charge on any atom is -0.477 e. The standard InChI is InChI=1S/C7H10F2N2O2/c1-11(4-2-3-10)5-7(8,9)6(12)13/h2,4-5H2,1H3,(H,12,13). The van der Waals surface area contributed by atoms with Gasteiger partial charge in [-0.05, 0) is 7.05 Å². The summed E-state index contributed by atoms with van der Waals surface area (Å²) >= 11 is 0. The van der Waals surface area contributed by atoms with Crippen LogP contribution >= 0.6 is 0 Å². The lowest BCUT2D eigenvalue weighted by molar-refractivity contribution is -0.166. The highest BCUT2D eigenvalue weighted by Gasteiger charge is 2.39. The molecule has 74 valence electrons. The lowest BCUT2D eigenvalue weighted by Crippen LogP contribution is -2.41. The first-order valence-corrected chi connectivity index (χ1v) is 3.57. The zero-order chi connectivity index (χ0) is 10.5. The van der Waals surface area contributed by atoms with Gasteiger partial charge in [0, 0.05) is 13.0 Å². The molecule has 0 unspecified atom stereocenters. The van der Waals surface area contributed by atoms with Gasteiger partial charge in [0.1, 0.15) is 0 Å². The Balaban J connectivity index is 3.98. The molecule has 0 aliphatic carbocycles. The Bertz CT molecular complexity index is 225. The molecule has 0 saturated carbocycles. The van der Waals surface area contributed by atoms with Crippen molar-refractivity contribution in [3.63, 3.8) is 0 Å². The number of nitrogens with zero attached hydrogens (tertiary/aromatic N) is 2. The fourth-order valence-electron chi connectivity index (χ4n) is 0.727. The molecular formula is C7H10F2N2O2. The van der Waals surface area contributed by atoms with E-state index in [4.69, 9.17) is 10.4 Å². The number of rotatable bonds is 5. The SMILES string of the molecule is CN(CCC#N)CC(F)(F)C(=O)O. The number of halogens is 2. The van der Waals surface area contributed by atoms with Crippen molar-refractivity contribution in [3.05, 3.63) is 0 Å². The summed E-state index contributed by atoms with van der Waals surface area (Å²) in [5.74, 6) is -5.89. The third kappa shape index (κ3) is 4.38. The average molecular weight is 192 g/mol. The quantitative estimate of drug-likeness (QED) is 0.690. The third-order valence-electron chi connectivity index (χ3n) is 1.39. The van der Waals surface area contributed by atoms with Crippen LogP contribution in [0.2, 0.25) is 0 Å². The number of nitriles is 1. The van der Waals surface area contributed by atoms with E-state index in [9.17, 15) is 13.6 Å². The molecule has 0 radical (unpaired) electrons. The Morgan fingerprint density at radius 3 is 2.62 bits per heavy atom. The van der Waals surface area contributed by atoms with Crippen molar-refractivity contribution in [2.24, 2.45) is 0 Å². The largest absolute Gasteiger partial charge is 0.477 e. The van der Waals surface area contributed by atoms with Gasteiger partial charge >= 0.3 is 11.9 Å². The summed E-state index contributed by atoms with van der Waals surface area (Å²) in [4.78, 5) is 11.1. The minimum absolute atomic E-state index is 0.103. The van der Waals surface area contributed by atoms with Gasteiger partial charge < -0.3 is 5.11 Å². The van der Waals surface area contributed by atoms with Crippen LogP contribution in [0.1, 0.15) is 6.42 Å². The maximum Gasteiger partial charge on any atom is 0.375 e. The Kier molecular flexibility index (Phi) is 4.28. The average Bonchev–Trinajstić information content (AvgIpc) is 1.99. The van der Waals surface area contributed by atoms with Crippen molar-refractivity contribution in [1.82, 2.24) is 4.90 Å². The van der Waals surface area contributed by atoms with Crippen LogP contribution in [0.4, 0.5) is 8.78 Å². The summed E-state index contributed by atoms with van der Waals surface area (Å²) in [6, 6.07) is 1.78. The Hall–Kier alpha value is -1.22. The molecule has 0 aromatic heterocycles. The van der Waals surface area contributed by atoms with Gasteiger partial charge in [0.25, 0.3) is 0 Å². The van der Waals surface area contributed by atoms with Gasteiger partial charge in [-0.3, -0.25) is 4.90 Å². The first-order chi connectivity index (χ1) is 5.90. The van der Waals surface area contributed by atoms with Crippen LogP contribution in [0, 0.1) is 11.3 Å². The summed E-state index contributed by atoms with van der Waals surface area (Å²) in [6.45, 7) is -0.733. The Labute approximate surface area is 74.4 Å². The zero-order valence-electron chi connectivity index (χ0n) is 7.13. The number of carboxylic acid groups (broad SMARTS) is 1. The highest BCUT2D eigenvalue weighted by Crippen LogP contribution is 2.14. The van der Waals surface area contributed by atoms with E-state index in [0.29, 0.717) is 0 Å². The highest BCUT2D eigenvalue weighted by atomic mass is 19.3. The van der Waals surface area contributed by atoms with Gasteiger partial charge in [-0.25, -0.2) is 4.79 Å². The van der Waals surface area contributed by atoms with Crippen molar-refractivity contribution in [3.8, 4) is 6.07 Å². The first-order valence-electron chi connectivity index (χ1n) is 3.57. The lowest BCUT2D eigenvalue weighted by Gasteiger charge is -2.19. The van der Waals surface area contributed by atoms with Crippen LogP contribution in [0.5, 0.6) is 0 Å². The second-order valence-electron chi connectivity index (χ2n) is 2.66. The molecule has 0 atom stereocenters. The van der Waals surface area contributed by atoms with E-state index in [-0.39, 0.29) is 13.0 Å². The smallest absolute Gasteiger partial charge is 0.375 e. The molecule has 0 fully saturated rings. The maximum atomic E-state index is 12.5. The summed E-state index contributed by atoms with van der Waals surface area (Å²) < 4.78 is 25.0. The molecule has 0 aliphatic rings. The van der Waals surface area contributed by atoms with Crippen LogP contribution < -0.4 is 0 Å². The predicted octanol–water partition coefficient (Wildman–Crippen LogP) is 0.552. The fourth-order valence-corrected chi connectivity index (χ4v) is 0.727. The van der Waals surface area contributed by atoms with Gasteiger partial charge in [0.05, 0.1) is 12.6 Å². The minimum atomic E-state index is -3.75. The molecule has 0 amide bonds. The first kappa shape index (κ1) is 11.8. The normalized spacial score (nSPS) is 11.3. The molecule has 13 heavy (non-hydrogen) atoms. The van der Waals surface area contributed by atoms with Gasteiger partial charge in [0.15, 0.2) is 0 Å². The van der Waals surface area contributed by atoms with E-state index in [1.165, 1.54) is 7.05 Å². The van der Waals surface area contributed by atoms with Gasteiger partial charge in [-0.15, -0.1) is 0 Å². The van der Waals surface area contributed by atoms with E-state index in [1.54, 1.807) is 6.07 Å². The van der Waals surface area contributed by atoms with Crippen molar-refractivity contribution < 1.29 is 18.7 Å². The summed E-state index contributed by atoms with van der Waals surface area (Å²) in [6.07, 6.45) is 0.103.